The molecule has 3 saturated heterocycles. The average molecular weight is 483 g/mol. The molecule has 3 aromatic rings. The van der Waals surface area contributed by atoms with E-state index in [-0.39, 0.29) is 11.2 Å². The van der Waals surface area contributed by atoms with Gasteiger partial charge in [0.1, 0.15) is 6.33 Å². The van der Waals surface area contributed by atoms with Gasteiger partial charge in [-0.2, -0.15) is 0 Å². The fourth-order valence-corrected chi connectivity index (χ4v) is 6.04. The number of rotatable bonds is 3. The monoisotopic (exact) mass is 482 g/mol. The van der Waals surface area contributed by atoms with Gasteiger partial charge in [-0.25, -0.2) is 14.4 Å². The normalized spacial score (nSPS) is 23.3. The van der Waals surface area contributed by atoms with Crippen LogP contribution in [0.15, 0.2) is 30.7 Å². The molecular weight excluding hydrogens is 459 g/mol. The number of aromatic nitrogens is 5. The molecule has 0 aliphatic carbocycles. The highest BCUT2D eigenvalue weighted by Gasteiger charge is 2.54. The Hall–Kier alpha value is -2.82. The molecule has 4 aliphatic rings. The number of halogens is 2. The summed E-state index contributed by atoms with van der Waals surface area (Å²) in [4.78, 5) is 14.5. The van der Waals surface area contributed by atoms with Crippen LogP contribution in [0.1, 0.15) is 17.8 Å². The van der Waals surface area contributed by atoms with Crippen molar-refractivity contribution in [3.8, 4) is 5.69 Å². The van der Waals surface area contributed by atoms with Crippen LogP contribution in [-0.4, -0.2) is 75.1 Å². The lowest BCUT2D eigenvalue weighted by Crippen LogP contribution is -2.73. The highest BCUT2D eigenvalue weighted by atomic mass is 35.5. The van der Waals surface area contributed by atoms with E-state index in [2.05, 4.69) is 46.7 Å². The first-order valence-corrected chi connectivity index (χ1v) is 12.0. The van der Waals surface area contributed by atoms with E-state index < -0.39 is 0 Å². The molecule has 9 nitrogen and oxygen atoms in total. The summed E-state index contributed by atoms with van der Waals surface area (Å²) < 4.78 is 21.9. The lowest BCUT2D eigenvalue weighted by Gasteiger charge is -2.60. The molecule has 2 aromatic heterocycles. The lowest BCUT2D eigenvalue weighted by atomic mass is 9.73. The van der Waals surface area contributed by atoms with Crippen molar-refractivity contribution in [2.24, 2.45) is 5.41 Å². The number of anilines is 2. The minimum absolute atomic E-state index is 0.130. The van der Waals surface area contributed by atoms with Gasteiger partial charge in [0, 0.05) is 55.8 Å². The van der Waals surface area contributed by atoms with Crippen LogP contribution in [0, 0.1) is 11.2 Å². The molecule has 1 atom stereocenters. The third-order valence-corrected chi connectivity index (χ3v) is 7.71. The highest BCUT2D eigenvalue weighted by Crippen LogP contribution is 2.44. The molecule has 0 saturated carbocycles. The molecule has 1 aromatic carbocycles. The second kappa shape index (κ2) is 7.59. The quantitative estimate of drug-likeness (QED) is 0.563. The maximum atomic E-state index is 14.1. The van der Waals surface area contributed by atoms with E-state index in [1.54, 1.807) is 0 Å². The van der Waals surface area contributed by atoms with E-state index in [4.69, 9.17) is 16.3 Å². The zero-order valence-electron chi connectivity index (χ0n) is 18.6. The van der Waals surface area contributed by atoms with E-state index in [0.29, 0.717) is 18.4 Å². The summed E-state index contributed by atoms with van der Waals surface area (Å²) in [7, 11) is 0. The number of nitrogens with zero attached hydrogens (tertiary/aromatic N) is 8. The zero-order chi connectivity index (χ0) is 22.9. The van der Waals surface area contributed by atoms with Gasteiger partial charge in [0.05, 0.1) is 25.0 Å². The largest absolute Gasteiger partial charge is 0.380 e. The highest BCUT2D eigenvalue weighted by molar-refractivity contribution is 6.30. The Kier molecular flexibility index (Phi) is 4.59. The molecule has 1 spiro atoms. The zero-order valence-corrected chi connectivity index (χ0v) is 19.3. The fraction of sp³-hybridized carbons (Fsp3) is 0.478. The van der Waals surface area contributed by atoms with E-state index >= 15 is 0 Å². The Morgan fingerprint density at radius 2 is 1.94 bits per heavy atom. The average Bonchev–Trinajstić information content (AvgIpc) is 3.41. The van der Waals surface area contributed by atoms with Crippen molar-refractivity contribution < 1.29 is 9.13 Å². The van der Waals surface area contributed by atoms with Crippen molar-refractivity contribution in [3.05, 3.63) is 53.0 Å². The van der Waals surface area contributed by atoms with Gasteiger partial charge in [0.25, 0.3) is 0 Å². The molecule has 0 amide bonds. The van der Waals surface area contributed by atoms with Crippen molar-refractivity contribution in [3.63, 3.8) is 0 Å². The summed E-state index contributed by atoms with van der Waals surface area (Å²) in [5.41, 5.74) is 2.38. The van der Waals surface area contributed by atoms with E-state index in [1.807, 2.05) is 11.0 Å². The maximum Gasteiger partial charge on any atom is 0.231 e. The molecule has 0 N–H and O–H groups in total. The molecular formula is C23H24ClFN8O. The van der Waals surface area contributed by atoms with Crippen LogP contribution in [0.4, 0.5) is 16.2 Å². The minimum atomic E-state index is -0.371. The van der Waals surface area contributed by atoms with Crippen LogP contribution in [0.5, 0.6) is 0 Å². The molecule has 4 aliphatic heterocycles. The summed E-state index contributed by atoms with van der Waals surface area (Å²) >= 11 is 6.38. The van der Waals surface area contributed by atoms with E-state index in [0.717, 1.165) is 74.8 Å². The van der Waals surface area contributed by atoms with Crippen molar-refractivity contribution in [1.82, 2.24) is 29.6 Å². The van der Waals surface area contributed by atoms with E-state index in [9.17, 15) is 4.39 Å². The number of hydrogen-bond acceptors (Lipinski definition) is 8. The standard InChI is InChI=1S/C23H24ClFN8O/c24-16-1-2-19-15(5-16)7-30(17-3-4-34-9-17)8-20-28-29-22(33(19)20)32-12-23(13-32)10-31(11-23)21-18(25)6-26-14-27-21/h1-2,5-6,14,17H,3-4,7-13H2/t17-/m1/s1. The Bertz CT molecular complexity index is 1250. The van der Waals surface area contributed by atoms with Gasteiger partial charge in [-0.1, -0.05) is 11.6 Å². The Morgan fingerprint density at radius 3 is 2.74 bits per heavy atom. The van der Waals surface area contributed by atoms with Gasteiger partial charge in [-0.05, 0) is 30.2 Å². The third-order valence-electron chi connectivity index (χ3n) is 7.47. The summed E-state index contributed by atoms with van der Waals surface area (Å²) in [6.45, 7) is 6.33. The lowest BCUT2D eigenvalue weighted by molar-refractivity contribution is 0.133. The number of ether oxygens (including phenoxy) is 1. The van der Waals surface area contributed by atoms with Crippen LogP contribution in [0.25, 0.3) is 5.69 Å². The topological polar surface area (TPSA) is 75.4 Å². The maximum absolute atomic E-state index is 14.1. The number of benzene rings is 1. The summed E-state index contributed by atoms with van der Waals surface area (Å²) in [6, 6.07) is 6.42. The second-order valence-corrected chi connectivity index (χ2v) is 10.3. The molecule has 34 heavy (non-hydrogen) atoms. The Morgan fingerprint density at radius 1 is 1.09 bits per heavy atom. The Balaban J connectivity index is 1.15. The van der Waals surface area contributed by atoms with Crippen LogP contribution in [0.3, 0.4) is 0 Å². The SMILES string of the molecule is Fc1cncnc1N1CC2(C1)CN(c1nnc3n1-c1ccc(Cl)cc1CN([C@@H]1CCOC1)C3)C2. The molecule has 3 fully saturated rings. The van der Waals surface area contributed by atoms with Crippen molar-refractivity contribution in [1.29, 1.82) is 0 Å². The Labute approximate surface area is 201 Å². The fourth-order valence-electron chi connectivity index (χ4n) is 5.84. The van der Waals surface area contributed by atoms with Gasteiger partial charge in [0.2, 0.25) is 5.95 Å². The van der Waals surface area contributed by atoms with Gasteiger partial charge in [-0.15, -0.1) is 10.2 Å². The predicted octanol–water partition coefficient (Wildman–Crippen LogP) is 2.28. The van der Waals surface area contributed by atoms with Crippen LogP contribution in [-0.2, 0) is 17.8 Å². The van der Waals surface area contributed by atoms with Gasteiger partial charge < -0.3 is 14.5 Å². The van der Waals surface area contributed by atoms with Crippen molar-refractivity contribution in [2.75, 3.05) is 49.2 Å². The molecule has 6 heterocycles. The van der Waals surface area contributed by atoms with E-state index in [1.165, 1.54) is 18.1 Å². The third kappa shape index (κ3) is 3.19. The van der Waals surface area contributed by atoms with Crippen LogP contribution in [0.2, 0.25) is 5.02 Å². The van der Waals surface area contributed by atoms with Crippen LogP contribution < -0.4 is 9.80 Å². The molecule has 0 unspecified atom stereocenters. The first-order chi connectivity index (χ1) is 16.6. The van der Waals surface area contributed by atoms with Crippen LogP contribution >= 0.6 is 11.6 Å². The first kappa shape index (κ1) is 20.5. The van der Waals surface area contributed by atoms with Gasteiger partial charge >= 0.3 is 0 Å². The molecule has 11 heteroatoms. The molecule has 7 rings (SSSR count). The minimum Gasteiger partial charge on any atom is -0.380 e. The summed E-state index contributed by atoms with van der Waals surface area (Å²) in [5, 5.41) is 9.95. The number of hydrogen-bond donors (Lipinski definition) is 0. The van der Waals surface area contributed by atoms with Crippen molar-refractivity contribution in [2.45, 2.75) is 25.6 Å². The second-order valence-electron chi connectivity index (χ2n) is 9.85. The predicted molar refractivity (Wildman–Crippen MR) is 124 cm³/mol. The number of fused-ring (bicyclic) bond motifs is 3. The first-order valence-electron chi connectivity index (χ1n) is 11.6. The van der Waals surface area contributed by atoms with Gasteiger partial charge in [-0.3, -0.25) is 9.47 Å². The summed E-state index contributed by atoms with van der Waals surface area (Å²) in [5.74, 6) is 1.81. The molecule has 0 radical (unpaired) electrons. The van der Waals surface area contributed by atoms with Crippen molar-refractivity contribution >= 4 is 23.4 Å². The van der Waals surface area contributed by atoms with Gasteiger partial charge in [0.15, 0.2) is 17.5 Å². The smallest absolute Gasteiger partial charge is 0.231 e. The molecule has 176 valence electrons. The summed E-state index contributed by atoms with van der Waals surface area (Å²) in [6.07, 6.45) is 3.64. The molecule has 0 bridgehead atoms.